The molecule has 6 heteroatoms. The Kier molecular flexibility index (Phi) is 2.36. The van der Waals surface area contributed by atoms with Crippen LogP contribution in [0.1, 0.15) is 0 Å². The standard InChI is InChI=1S/C8H8N4OS/c9-7(13)4-14-8-11-5-1-2-10-3-6(5)12-8/h1-3H,4H2,(H2,9,13)(H,11,12). The van der Waals surface area contributed by atoms with Crippen molar-refractivity contribution in [2.75, 3.05) is 5.75 Å². The molecule has 0 spiro atoms. The summed E-state index contributed by atoms with van der Waals surface area (Å²) in [7, 11) is 0. The van der Waals surface area contributed by atoms with Gasteiger partial charge in [-0.2, -0.15) is 0 Å². The fraction of sp³-hybridized carbons (Fsp3) is 0.125. The third kappa shape index (κ3) is 1.85. The number of fused-ring (bicyclic) bond motifs is 1. The minimum Gasteiger partial charge on any atom is -0.369 e. The van der Waals surface area contributed by atoms with Crippen LogP contribution in [-0.4, -0.2) is 26.6 Å². The van der Waals surface area contributed by atoms with Crippen molar-refractivity contribution >= 4 is 28.7 Å². The van der Waals surface area contributed by atoms with E-state index in [1.165, 1.54) is 11.8 Å². The Hall–Kier alpha value is -1.56. The van der Waals surface area contributed by atoms with Gasteiger partial charge in [0, 0.05) is 6.20 Å². The third-order valence-corrected chi connectivity index (χ3v) is 2.51. The van der Waals surface area contributed by atoms with E-state index >= 15 is 0 Å². The van der Waals surface area contributed by atoms with Crippen molar-refractivity contribution in [2.24, 2.45) is 5.73 Å². The van der Waals surface area contributed by atoms with Crippen LogP contribution in [0.2, 0.25) is 0 Å². The zero-order valence-corrected chi connectivity index (χ0v) is 8.04. The number of imidazole rings is 1. The Balaban J connectivity index is 2.22. The normalized spacial score (nSPS) is 10.6. The number of hydrogen-bond acceptors (Lipinski definition) is 4. The number of rotatable bonds is 3. The van der Waals surface area contributed by atoms with Crippen LogP contribution in [0.25, 0.3) is 11.0 Å². The lowest BCUT2D eigenvalue weighted by Crippen LogP contribution is -2.13. The molecule has 0 unspecified atom stereocenters. The van der Waals surface area contributed by atoms with E-state index in [0.717, 1.165) is 11.0 Å². The lowest BCUT2D eigenvalue weighted by Gasteiger charge is -1.90. The average Bonchev–Trinajstić information content (AvgIpc) is 2.57. The number of hydrogen-bond donors (Lipinski definition) is 2. The summed E-state index contributed by atoms with van der Waals surface area (Å²) in [6.07, 6.45) is 3.36. The average molecular weight is 208 g/mol. The summed E-state index contributed by atoms with van der Waals surface area (Å²) in [5, 5.41) is 0.687. The van der Waals surface area contributed by atoms with E-state index in [-0.39, 0.29) is 11.7 Å². The molecule has 0 aliphatic rings. The van der Waals surface area contributed by atoms with E-state index in [2.05, 4.69) is 15.0 Å². The van der Waals surface area contributed by atoms with E-state index in [9.17, 15) is 4.79 Å². The molecule has 0 fully saturated rings. The first-order valence-corrected chi connectivity index (χ1v) is 4.95. The Labute approximate surface area is 84.1 Å². The van der Waals surface area contributed by atoms with Crippen LogP contribution in [-0.2, 0) is 4.79 Å². The number of pyridine rings is 1. The summed E-state index contributed by atoms with van der Waals surface area (Å²) in [5.74, 6) is -0.124. The topological polar surface area (TPSA) is 84.7 Å². The lowest BCUT2D eigenvalue weighted by atomic mass is 10.4. The lowest BCUT2D eigenvalue weighted by molar-refractivity contribution is -0.115. The summed E-state index contributed by atoms with van der Waals surface area (Å²) in [5.41, 5.74) is 6.72. The number of carbonyl (C=O) groups is 1. The Morgan fingerprint density at radius 2 is 2.50 bits per heavy atom. The fourth-order valence-electron chi connectivity index (χ4n) is 1.04. The maximum Gasteiger partial charge on any atom is 0.227 e. The van der Waals surface area contributed by atoms with Gasteiger partial charge in [-0.3, -0.25) is 9.78 Å². The van der Waals surface area contributed by atoms with E-state index in [0.29, 0.717) is 5.16 Å². The monoisotopic (exact) mass is 208 g/mol. The second-order valence-corrected chi connectivity index (χ2v) is 3.65. The molecule has 5 nitrogen and oxygen atoms in total. The molecular formula is C8H8N4OS. The third-order valence-electron chi connectivity index (χ3n) is 1.61. The number of aromatic amines is 1. The second-order valence-electron chi connectivity index (χ2n) is 2.69. The molecule has 0 saturated carbocycles. The number of primary amides is 1. The first-order valence-electron chi connectivity index (χ1n) is 3.96. The highest BCUT2D eigenvalue weighted by Gasteiger charge is 2.03. The molecule has 0 aliphatic heterocycles. The summed E-state index contributed by atoms with van der Waals surface area (Å²) in [6.45, 7) is 0. The van der Waals surface area contributed by atoms with Crippen LogP contribution in [0.3, 0.4) is 0 Å². The zero-order valence-electron chi connectivity index (χ0n) is 7.23. The number of amides is 1. The molecule has 0 bridgehead atoms. The first kappa shape index (κ1) is 9.01. The van der Waals surface area contributed by atoms with Gasteiger partial charge >= 0.3 is 0 Å². The SMILES string of the molecule is NC(=O)CSc1nc2ccncc2[nH]1. The summed E-state index contributed by atoms with van der Waals surface area (Å²) in [4.78, 5) is 21.8. The van der Waals surface area contributed by atoms with Crippen LogP contribution < -0.4 is 5.73 Å². The maximum atomic E-state index is 10.5. The van der Waals surface area contributed by atoms with Crippen molar-refractivity contribution in [1.82, 2.24) is 15.0 Å². The molecule has 2 rings (SSSR count). The van der Waals surface area contributed by atoms with Gasteiger partial charge in [-0.05, 0) is 6.07 Å². The van der Waals surface area contributed by atoms with Crippen molar-refractivity contribution in [3.63, 3.8) is 0 Å². The minimum absolute atomic E-state index is 0.229. The predicted octanol–water partition coefficient (Wildman–Crippen LogP) is 0.535. The Morgan fingerprint density at radius 1 is 1.64 bits per heavy atom. The second kappa shape index (κ2) is 3.67. The predicted molar refractivity (Wildman–Crippen MR) is 53.8 cm³/mol. The molecule has 0 saturated heterocycles. The Morgan fingerprint density at radius 3 is 3.21 bits per heavy atom. The van der Waals surface area contributed by atoms with E-state index < -0.39 is 0 Å². The zero-order chi connectivity index (χ0) is 9.97. The highest BCUT2D eigenvalue weighted by Crippen LogP contribution is 2.17. The summed E-state index contributed by atoms with van der Waals surface area (Å²) < 4.78 is 0. The minimum atomic E-state index is -0.353. The molecule has 72 valence electrons. The van der Waals surface area contributed by atoms with Crippen LogP contribution >= 0.6 is 11.8 Å². The van der Waals surface area contributed by atoms with E-state index in [1.807, 2.05) is 0 Å². The molecular weight excluding hydrogens is 200 g/mol. The van der Waals surface area contributed by atoms with Gasteiger partial charge in [0.1, 0.15) is 0 Å². The van der Waals surface area contributed by atoms with Crippen LogP contribution in [0.4, 0.5) is 0 Å². The Bertz CT molecular complexity index is 434. The molecule has 0 atom stereocenters. The van der Waals surface area contributed by atoms with Gasteiger partial charge in [-0.1, -0.05) is 11.8 Å². The van der Waals surface area contributed by atoms with Crippen molar-refractivity contribution in [3.8, 4) is 0 Å². The fourth-order valence-corrected chi connectivity index (χ4v) is 1.67. The maximum absolute atomic E-state index is 10.5. The smallest absolute Gasteiger partial charge is 0.227 e. The van der Waals surface area contributed by atoms with Crippen molar-refractivity contribution in [2.45, 2.75) is 5.16 Å². The van der Waals surface area contributed by atoms with Crippen molar-refractivity contribution in [3.05, 3.63) is 18.5 Å². The van der Waals surface area contributed by atoms with Gasteiger partial charge in [-0.25, -0.2) is 4.98 Å². The first-order chi connectivity index (χ1) is 6.75. The number of H-pyrrole nitrogens is 1. The molecule has 2 aromatic heterocycles. The number of carbonyl (C=O) groups excluding carboxylic acids is 1. The molecule has 1 amide bonds. The van der Waals surface area contributed by atoms with Gasteiger partial charge in [-0.15, -0.1) is 0 Å². The highest BCUT2D eigenvalue weighted by molar-refractivity contribution is 7.99. The van der Waals surface area contributed by atoms with E-state index in [4.69, 9.17) is 5.73 Å². The van der Waals surface area contributed by atoms with Gasteiger partial charge in [0.15, 0.2) is 5.16 Å². The van der Waals surface area contributed by atoms with E-state index in [1.54, 1.807) is 18.5 Å². The molecule has 2 heterocycles. The number of aromatic nitrogens is 3. The van der Waals surface area contributed by atoms with Crippen LogP contribution in [0.5, 0.6) is 0 Å². The van der Waals surface area contributed by atoms with Crippen LogP contribution in [0.15, 0.2) is 23.6 Å². The number of nitrogens with two attached hydrogens (primary N) is 1. The van der Waals surface area contributed by atoms with Gasteiger partial charge in [0.2, 0.25) is 5.91 Å². The van der Waals surface area contributed by atoms with Gasteiger partial charge in [0.25, 0.3) is 0 Å². The molecule has 0 radical (unpaired) electrons. The molecule has 3 N–H and O–H groups in total. The molecule has 0 aliphatic carbocycles. The van der Waals surface area contributed by atoms with Crippen molar-refractivity contribution < 1.29 is 4.79 Å². The quantitative estimate of drug-likeness (QED) is 0.721. The number of nitrogens with zero attached hydrogens (tertiary/aromatic N) is 2. The molecule has 0 aromatic carbocycles. The highest BCUT2D eigenvalue weighted by atomic mass is 32.2. The molecule has 2 aromatic rings. The number of nitrogens with one attached hydrogen (secondary N) is 1. The van der Waals surface area contributed by atoms with Gasteiger partial charge < -0.3 is 10.7 Å². The van der Waals surface area contributed by atoms with Crippen LogP contribution in [0, 0.1) is 0 Å². The summed E-state index contributed by atoms with van der Waals surface area (Å²) >= 11 is 1.29. The summed E-state index contributed by atoms with van der Waals surface area (Å²) in [6, 6.07) is 1.81. The number of thioether (sulfide) groups is 1. The molecule has 14 heavy (non-hydrogen) atoms. The van der Waals surface area contributed by atoms with Gasteiger partial charge in [0.05, 0.1) is 23.0 Å². The van der Waals surface area contributed by atoms with Crippen molar-refractivity contribution in [1.29, 1.82) is 0 Å². The largest absolute Gasteiger partial charge is 0.369 e.